The normalized spacial score (nSPS) is 8.55. The zero-order valence-electron chi connectivity index (χ0n) is 8.27. The van der Waals surface area contributed by atoms with Crippen molar-refractivity contribution < 1.29 is 4.79 Å². The molecule has 0 saturated heterocycles. The number of nitrogens with one attached hydrogen (secondary N) is 1. The van der Waals surface area contributed by atoms with Crippen molar-refractivity contribution in [2.45, 2.75) is 20.3 Å². The molecule has 1 N–H and O–H groups in total. The number of rotatable bonds is 2. The highest BCUT2D eigenvalue weighted by molar-refractivity contribution is 5.77. The predicted octanol–water partition coefficient (Wildman–Crippen LogP) is 0.710. The molecular weight excluding hydrogens is 140 g/mol. The van der Waals surface area contributed by atoms with E-state index in [1.807, 2.05) is 19.0 Å². The standard InChI is InChI=1S/C5H12N2O.C3H8/c1-6-5(8)4-7(2)3;1-3-2/h4H2,1-3H3,(H,6,8);3H2,1-2H3. The van der Waals surface area contributed by atoms with Gasteiger partial charge in [0.05, 0.1) is 6.54 Å². The van der Waals surface area contributed by atoms with Crippen LogP contribution >= 0.6 is 0 Å². The first kappa shape index (κ1) is 13.1. The molecule has 68 valence electrons. The van der Waals surface area contributed by atoms with Crippen molar-refractivity contribution in [3.05, 3.63) is 0 Å². The monoisotopic (exact) mass is 160 g/mol. The lowest BCUT2D eigenvalue weighted by atomic mass is 10.5. The molecule has 0 aliphatic carbocycles. The van der Waals surface area contributed by atoms with E-state index in [-0.39, 0.29) is 5.91 Å². The molecule has 0 aliphatic rings. The van der Waals surface area contributed by atoms with Crippen LogP contribution in [-0.2, 0) is 4.79 Å². The zero-order chi connectivity index (χ0) is 9.28. The maximum Gasteiger partial charge on any atom is 0.233 e. The van der Waals surface area contributed by atoms with E-state index in [1.54, 1.807) is 7.05 Å². The summed E-state index contributed by atoms with van der Waals surface area (Å²) in [7, 11) is 5.34. The molecular formula is C8H20N2O. The number of hydrogen-bond donors (Lipinski definition) is 1. The topological polar surface area (TPSA) is 32.3 Å². The van der Waals surface area contributed by atoms with E-state index in [4.69, 9.17) is 0 Å². The molecule has 0 heterocycles. The number of nitrogens with zero attached hydrogens (tertiary/aromatic N) is 1. The van der Waals surface area contributed by atoms with Crippen molar-refractivity contribution in [3.63, 3.8) is 0 Å². The second kappa shape index (κ2) is 9.43. The first-order valence-electron chi connectivity index (χ1n) is 3.93. The molecule has 0 aliphatic heterocycles. The summed E-state index contributed by atoms with van der Waals surface area (Å²) in [6.45, 7) is 4.72. The summed E-state index contributed by atoms with van der Waals surface area (Å²) in [6.07, 6.45) is 1.25. The average Bonchev–Trinajstić information content (AvgIpc) is 1.88. The van der Waals surface area contributed by atoms with Crippen molar-refractivity contribution >= 4 is 5.91 Å². The smallest absolute Gasteiger partial charge is 0.233 e. The molecule has 0 fully saturated rings. The van der Waals surface area contributed by atoms with Gasteiger partial charge in [0.25, 0.3) is 0 Å². The van der Waals surface area contributed by atoms with E-state index in [1.165, 1.54) is 6.42 Å². The SMILES string of the molecule is CCC.CNC(=O)CN(C)C. The van der Waals surface area contributed by atoms with Gasteiger partial charge in [0.2, 0.25) is 5.91 Å². The lowest BCUT2D eigenvalue weighted by Gasteiger charge is -2.05. The van der Waals surface area contributed by atoms with Gasteiger partial charge in [0, 0.05) is 7.05 Å². The molecule has 0 saturated carbocycles. The number of amides is 1. The van der Waals surface area contributed by atoms with Gasteiger partial charge in [0.15, 0.2) is 0 Å². The third-order valence-electron chi connectivity index (χ3n) is 0.739. The van der Waals surface area contributed by atoms with Crippen LogP contribution in [0.1, 0.15) is 20.3 Å². The summed E-state index contributed by atoms with van der Waals surface area (Å²) >= 11 is 0. The Labute approximate surface area is 69.8 Å². The van der Waals surface area contributed by atoms with Crippen molar-refractivity contribution in [2.75, 3.05) is 27.7 Å². The quantitative estimate of drug-likeness (QED) is 0.645. The molecule has 0 bridgehead atoms. The predicted molar refractivity (Wildman–Crippen MR) is 48.6 cm³/mol. The zero-order valence-corrected chi connectivity index (χ0v) is 8.27. The minimum atomic E-state index is 0.0509. The molecule has 0 aromatic rings. The first-order chi connectivity index (χ1) is 5.08. The Morgan fingerprint density at radius 2 is 1.73 bits per heavy atom. The molecule has 0 rings (SSSR count). The Hall–Kier alpha value is -0.570. The Bertz CT molecular complexity index is 92.1. The fourth-order valence-corrected chi connectivity index (χ4v) is 0.366. The van der Waals surface area contributed by atoms with Crippen LogP contribution in [0.15, 0.2) is 0 Å². The molecule has 11 heavy (non-hydrogen) atoms. The van der Waals surface area contributed by atoms with E-state index in [9.17, 15) is 4.79 Å². The molecule has 0 unspecified atom stereocenters. The van der Waals surface area contributed by atoms with Gasteiger partial charge in [-0.1, -0.05) is 20.3 Å². The van der Waals surface area contributed by atoms with Crippen LogP contribution in [0, 0.1) is 0 Å². The lowest BCUT2D eigenvalue weighted by molar-refractivity contribution is -0.121. The van der Waals surface area contributed by atoms with Gasteiger partial charge in [-0.2, -0.15) is 0 Å². The number of carbonyl (C=O) groups excluding carboxylic acids is 1. The lowest BCUT2D eigenvalue weighted by Crippen LogP contribution is -2.30. The highest BCUT2D eigenvalue weighted by atomic mass is 16.1. The van der Waals surface area contributed by atoms with Crippen LogP contribution in [-0.4, -0.2) is 38.5 Å². The number of carbonyl (C=O) groups is 1. The molecule has 3 heteroatoms. The summed E-state index contributed by atoms with van der Waals surface area (Å²) in [5.41, 5.74) is 0. The third-order valence-corrected chi connectivity index (χ3v) is 0.739. The van der Waals surface area contributed by atoms with Crippen LogP contribution in [0.5, 0.6) is 0 Å². The van der Waals surface area contributed by atoms with E-state index in [0.717, 1.165) is 0 Å². The highest BCUT2D eigenvalue weighted by Crippen LogP contribution is 1.70. The summed E-state index contributed by atoms with van der Waals surface area (Å²) in [5.74, 6) is 0.0509. The summed E-state index contributed by atoms with van der Waals surface area (Å²) in [4.78, 5) is 12.3. The minimum Gasteiger partial charge on any atom is -0.358 e. The van der Waals surface area contributed by atoms with Gasteiger partial charge >= 0.3 is 0 Å². The molecule has 1 amide bonds. The highest BCUT2D eigenvalue weighted by Gasteiger charge is 1.96. The summed E-state index contributed by atoms with van der Waals surface area (Å²) in [6, 6.07) is 0. The van der Waals surface area contributed by atoms with Crippen LogP contribution in [0.3, 0.4) is 0 Å². The molecule has 0 spiro atoms. The fraction of sp³-hybridized carbons (Fsp3) is 0.875. The Balaban J connectivity index is 0. The van der Waals surface area contributed by atoms with Gasteiger partial charge in [-0.25, -0.2) is 0 Å². The van der Waals surface area contributed by atoms with Gasteiger partial charge in [0.1, 0.15) is 0 Å². The van der Waals surface area contributed by atoms with Crippen LogP contribution in [0.25, 0.3) is 0 Å². The Kier molecular flexibility index (Phi) is 11.2. The molecule has 0 atom stereocenters. The third kappa shape index (κ3) is 17.7. The largest absolute Gasteiger partial charge is 0.358 e. The van der Waals surface area contributed by atoms with Crippen molar-refractivity contribution in [2.24, 2.45) is 0 Å². The van der Waals surface area contributed by atoms with E-state index < -0.39 is 0 Å². The van der Waals surface area contributed by atoms with Gasteiger partial charge in [-0.15, -0.1) is 0 Å². The summed E-state index contributed by atoms with van der Waals surface area (Å²) < 4.78 is 0. The van der Waals surface area contributed by atoms with Gasteiger partial charge in [-0.3, -0.25) is 4.79 Å². The maximum absolute atomic E-state index is 10.5. The second-order valence-corrected chi connectivity index (χ2v) is 2.62. The molecule has 0 aromatic carbocycles. The van der Waals surface area contributed by atoms with Crippen molar-refractivity contribution in [1.82, 2.24) is 10.2 Å². The number of likely N-dealkylation sites (N-methyl/N-ethyl adjacent to an activating group) is 2. The van der Waals surface area contributed by atoms with Crippen molar-refractivity contribution in [1.29, 1.82) is 0 Å². The van der Waals surface area contributed by atoms with E-state index >= 15 is 0 Å². The minimum absolute atomic E-state index is 0.0509. The molecule has 0 radical (unpaired) electrons. The van der Waals surface area contributed by atoms with Crippen molar-refractivity contribution in [3.8, 4) is 0 Å². The van der Waals surface area contributed by atoms with E-state index in [2.05, 4.69) is 19.2 Å². The van der Waals surface area contributed by atoms with E-state index in [0.29, 0.717) is 6.54 Å². The second-order valence-electron chi connectivity index (χ2n) is 2.62. The number of hydrogen-bond acceptors (Lipinski definition) is 2. The Morgan fingerprint density at radius 1 is 1.36 bits per heavy atom. The van der Waals surface area contributed by atoms with Gasteiger partial charge in [-0.05, 0) is 14.1 Å². The molecule has 3 nitrogen and oxygen atoms in total. The summed E-state index contributed by atoms with van der Waals surface area (Å²) in [5, 5.41) is 2.52. The Morgan fingerprint density at radius 3 is 1.82 bits per heavy atom. The fourth-order valence-electron chi connectivity index (χ4n) is 0.366. The van der Waals surface area contributed by atoms with Crippen LogP contribution < -0.4 is 5.32 Å². The maximum atomic E-state index is 10.5. The molecule has 0 aromatic heterocycles. The van der Waals surface area contributed by atoms with Gasteiger partial charge < -0.3 is 10.2 Å². The first-order valence-corrected chi connectivity index (χ1v) is 3.93. The van der Waals surface area contributed by atoms with Crippen LogP contribution in [0.4, 0.5) is 0 Å². The van der Waals surface area contributed by atoms with Crippen LogP contribution in [0.2, 0.25) is 0 Å². The average molecular weight is 160 g/mol.